The van der Waals surface area contributed by atoms with Crippen molar-refractivity contribution >= 4 is 51.7 Å². The van der Waals surface area contributed by atoms with Crippen LogP contribution < -0.4 is 5.32 Å². The van der Waals surface area contributed by atoms with Crippen LogP contribution in [0.25, 0.3) is 0 Å². The van der Waals surface area contributed by atoms with Crippen molar-refractivity contribution in [2.24, 2.45) is 0 Å². The van der Waals surface area contributed by atoms with Crippen molar-refractivity contribution < 1.29 is 9.59 Å². The van der Waals surface area contributed by atoms with Gasteiger partial charge in [0.2, 0.25) is 0 Å². The molecular weight excluding hydrogens is 422 g/mol. The van der Waals surface area contributed by atoms with Crippen LogP contribution in [0.1, 0.15) is 21.6 Å². The van der Waals surface area contributed by atoms with Gasteiger partial charge >= 0.3 is 0 Å². The molecule has 29 heavy (non-hydrogen) atoms. The minimum absolute atomic E-state index is 0.0370. The Hall–Kier alpha value is -2.29. The first-order valence-electron chi connectivity index (χ1n) is 8.85. The highest BCUT2D eigenvalue weighted by Crippen LogP contribution is 2.26. The Kier molecular flexibility index (Phi) is 7.35. The molecule has 0 aliphatic rings. The lowest BCUT2D eigenvalue weighted by Crippen LogP contribution is -2.16. The van der Waals surface area contributed by atoms with E-state index in [0.717, 1.165) is 38.0 Å². The minimum atomic E-state index is -0.162. The number of amides is 2. The summed E-state index contributed by atoms with van der Waals surface area (Å²) < 4.78 is 1.05. The molecular formula is C21H21N3O2S3. The van der Waals surface area contributed by atoms with E-state index >= 15 is 0 Å². The van der Waals surface area contributed by atoms with E-state index in [1.165, 1.54) is 4.90 Å². The third-order valence-corrected chi connectivity index (χ3v) is 7.12. The van der Waals surface area contributed by atoms with Gasteiger partial charge in [-0.3, -0.25) is 9.59 Å². The molecule has 1 aromatic heterocycles. The predicted octanol–water partition coefficient (Wildman–Crippen LogP) is 5.77. The second kappa shape index (κ2) is 9.96. The van der Waals surface area contributed by atoms with Gasteiger partial charge in [-0.1, -0.05) is 23.9 Å². The molecule has 0 atom stereocenters. The Morgan fingerprint density at radius 1 is 1.07 bits per heavy atom. The van der Waals surface area contributed by atoms with E-state index in [0.29, 0.717) is 11.3 Å². The average Bonchev–Trinajstić information content (AvgIpc) is 3.13. The van der Waals surface area contributed by atoms with Gasteiger partial charge in [0.15, 0.2) is 0 Å². The summed E-state index contributed by atoms with van der Waals surface area (Å²) in [6.45, 7) is 1.99. The van der Waals surface area contributed by atoms with Gasteiger partial charge in [0.25, 0.3) is 11.1 Å². The lowest BCUT2D eigenvalue weighted by Gasteiger charge is -2.10. The molecule has 0 aliphatic carbocycles. The third kappa shape index (κ3) is 6.35. The summed E-state index contributed by atoms with van der Waals surface area (Å²) in [7, 11) is 3.43. The molecule has 0 saturated heterocycles. The topological polar surface area (TPSA) is 62.3 Å². The average molecular weight is 444 g/mol. The van der Waals surface area contributed by atoms with Crippen LogP contribution in [0.5, 0.6) is 0 Å². The summed E-state index contributed by atoms with van der Waals surface area (Å²) in [6.07, 6.45) is 0. The number of aryl methyl sites for hydroxylation is 1. The van der Waals surface area contributed by atoms with E-state index in [-0.39, 0.29) is 11.1 Å². The highest BCUT2D eigenvalue weighted by atomic mass is 32.2. The molecule has 5 nitrogen and oxygen atoms in total. The smallest absolute Gasteiger partial charge is 0.285 e. The second-order valence-corrected chi connectivity index (χ2v) is 9.59. The molecule has 0 spiro atoms. The summed E-state index contributed by atoms with van der Waals surface area (Å²) in [5.41, 5.74) is 3.48. The van der Waals surface area contributed by atoms with E-state index in [1.807, 2.05) is 48.7 Å². The van der Waals surface area contributed by atoms with Crippen molar-refractivity contribution in [3.8, 4) is 0 Å². The van der Waals surface area contributed by atoms with Crippen LogP contribution in [0.2, 0.25) is 0 Å². The summed E-state index contributed by atoms with van der Waals surface area (Å²) >= 11 is 4.50. The van der Waals surface area contributed by atoms with Crippen molar-refractivity contribution in [3.05, 3.63) is 70.7 Å². The number of nitrogens with zero attached hydrogens (tertiary/aromatic N) is 2. The number of thioether (sulfide) groups is 2. The molecule has 1 N–H and O–H groups in total. The number of rotatable bonds is 6. The van der Waals surface area contributed by atoms with E-state index < -0.39 is 0 Å². The standard InChI is InChI=1S/C21H21N3O2S3/c1-14-12-27-20(22-14)28-13-15-4-6-16(7-5-15)19(25)23-17-8-10-18(11-9-17)29-21(26)24(2)3/h4-12H,13H2,1-3H3,(H,23,25). The molecule has 0 fully saturated rings. The van der Waals surface area contributed by atoms with Gasteiger partial charge in [-0.2, -0.15) is 0 Å². The Morgan fingerprint density at radius 2 is 1.76 bits per heavy atom. The molecule has 0 aliphatic heterocycles. The SMILES string of the molecule is Cc1csc(SCc2ccc(C(=O)Nc3ccc(SC(=O)N(C)C)cc3)cc2)n1. The number of aromatic nitrogens is 1. The van der Waals surface area contributed by atoms with Crippen molar-refractivity contribution in [2.45, 2.75) is 21.9 Å². The van der Waals surface area contributed by atoms with Crippen LogP contribution in [0.3, 0.4) is 0 Å². The summed E-state index contributed by atoms with van der Waals surface area (Å²) in [5.74, 6) is 0.657. The fourth-order valence-electron chi connectivity index (χ4n) is 2.30. The predicted molar refractivity (Wildman–Crippen MR) is 122 cm³/mol. The summed E-state index contributed by atoms with van der Waals surface area (Å²) in [4.78, 5) is 31.0. The number of nitrogens with one attached hydrogen (secondary N) is 1. The Bertz CT molecular complexity index is 983. The molecule has 0 unspecified atom stereocenters. The zero-order chi connectivity index (χ0) is 20.8. The number of carbonyl (C=O) groups excluding carboxylic acids is 2. The Labute approximate surface area is 182 Å². The third-order valence-electron chi connectivity index (χ3n) is 3.86. The fourth-order valence-corrected chi connectivity index (χ4v) is 4.76. The van der Waals surface area contributed by atoms with Crippen LogP contribution >= 0.6 is 34.9 Å². The largest absolute Gasteiger partial charge is 0.339 e. The molecule has 3 aromatic rings. The summed E-state index contributed by atoms with van der Waals surface area (Å²) in [6, 6.07) is 14.8. The zero-order valence-electron chi connectivity index (χ0n) is 16.3. The van der Waals surface area contributed by atoms with Crippen molar-refractivity contribution in [3.63, 3.8) is 0 Å². The first-order chi connectivity index (χ1) is 13.9. The number of carbonyl (C=O) groups is 2. The van der Waals surface area contributed by atoms with Crippen molar-refractivity contribution in [1.82, 2.24) is 9.88 Å². The van der Waals surface area contributed by atoms with Crippen LogP contribution in [0, 0.1) is 6.92 Å². The van der Waals surface area contributed by atoms with E-state index in [2.05, 4.69) is 10.3 Å². The highest BCUT2D eigenvalue weighted by molar-refractivity contribution is 8.13. The minimum Gasteiger partial charge on any atom is -0.339 e. The van der Waals surface area contributed by atoms with Crippen molar-refractivity contribution in [1.29, 1.82) is 0 Å². The lowest BCUT2D eigenvalue weighted by atomic mass is 10.1. The number of anilines is 1. The first kappa shape index (κ1) is 21.4. The number of hydrogen-bond donors (Lipinski definition) is 1. The van der Waals surface area contributed by atoms with Gasteiger partial charge in [0, 0.05) is 47.1 Å². The van der Waals surface area contributed by atoms with Crippen LogP contribution in [0.15, 0.2) is 63.1 Å². The quantitative estimate of drug-likeness (QED) is 0.490. The molecule has 2 amide bonds. The van der Waals surface area contributed by atoms with Crippen LogP contribution in [-0.4, -0.2) is 35.1 Å². The number of thiazole rings is 1. The van der Waals surface area contributed by atoms with Gasteiger partial charge in [0.05, 0.1) is 0 Å². The fraction of sp³-hybridized carbons (Fsp3) is 0.190. The lowest BCUT2D eigenvalue weighted by molar-refractivity contribution is 0.102. The van der Waals surface area contributed by atoms with Crippen LogP contribution in [0.4, 0.5) is 10.5 Å². The van der Waals surface area contributed by atoms with Gasteiger partial charge in [-0.25, -0.2) is 4.98 Å². The maximum absolute atomic E-state index is 12.5. The highest BCUT2D eigenvalue weighted by Gasteiger charge is 2.09. The normalized spacial score (nSPS) is 10.6. The van der Waals surface area contributed by atoms with Crippen LogP contribution in [-0.2, 0) is 5.75 Å². The molecule has 0 radical (unpaired) electrons. The van der Waals surface area contributed by atoms with Gasteiger partial charge in [-0.05, 0) is 60.6 Å². The van der Waals surface area contributed by atoms with Gasteiger partial charge in [-0.15, -0.1) is 11.3 Å². The molecule has 8 heteroatoms. The number of benzene rings is 2. The summed E-state index contributed by atoms with van der Waals surface area (Å²) in [5, 5.41) is 4.89. The molecule has 3 rings (SSSR count). The van der Waals surface area contributed by atoms with E-state index in [1.54, 1.807) is 49.3 Å². The zero-order valence-corrected chi connectivity index (χ0v) is 18.8. The maximum Gasteiger partial charge on any atom is 0.285 e. The second-order valence-electron chi connectivity index (χ2n) is 6.48. The molecule has 0 saturated carbocycles. The molecule has 0 bridgehead atoms. The Morgan fingerprint density at radius 3 is 2.34 bits per heavy atom. The van der Waals surface area contributed by atoms with E-state index in [9.17, 15) is 9.59 Å². The van der Waals surface area contributed by atoms with E-state index in [4.69, 9.17) is 0 Å². The first-order valence-corrected chi connectivity index (χ1v) is 11.5. The number of hydrogen-bond acceptors (Lipinski definition) is 6. The van der Waals surface area contributed by atoms with Gasteiger partial charge in [0.1, 0.15) is 4.34 Å². The van der Waals surface area contributed by atoms with Gasteiger partial charge < -0.3 is 10.2 Å². The molecule has 1 heterocycles. The molecule has 2 aromatic carbocycles. The molecule has 150 valence electrons. The van der Waals surface area contributed by atoms with Crippen molar-refractivity contribution in [2.75, 3.05) is 19.4 Å². The monoisotopic (exact) mass is 443 g/mol. The maximum atomic E-state index is 12.5. The Balaban J connectivity index is 1.54.